The van der Waals surface area contributed by atoms with Crippen molar-refractivity contribution >= 4 is 10.0 Å². The summed E-state index contributed by atoms with van der Waals surface area (Å²) < 4.78 is 28.6. The molecule has 0 unspecified atom stereocenters. The van der Waals surface area contributed by atoms with Crippen LogP contribution in [0.3, 0.4) is 0 Å². The number of sulfonamides is 1. The van der Waals surface area contributed by atoms with Crippen molar-refractivity contribution in [3.63, 3.8) is 0 Å². The molecule has 0 amide bonds. The van der Waals surface area contributed by atoms with E-state index in [0.29, 0.717) is 19.5 Å². The Morgan fingerprint density at radius 2 is 2.21 bits per heavy atom. The third kappa shape index (κ3) is 3.66. The van der Waals surface area contributed by atoms with Crippen molar-refractivity contribution in [2.45, 2.75) is 32.1 Å². The first-order valence-corrected chi connectivity index (χ1v) is 9.69. The molecule has 3 rings (SSSR count). The number of nitrogens with one attached hydrogen (secondary N) is 1. The van der Waals surface area contributed by atoms with Gasteiger partial charge in [0.25, 0.3) is 0 Å². The van der Waals surface area contributed by atoms with Crippen LogP contribution in [0.4, 0.5) is 0 Å². The van der Waals surface area contributed by atoms with Gasteiger partial charge in [0.2, 0.25) is 10.0 Å². The topological polar surface area (TPSA) is 80.1 Å². The molecular weight excluding hydrogens is 326 g/mol. The first-order valence-electron chi connectivity index (χ1n) is 8.15. The van der Waals surface area contributed by atoms with Crippen molar-refractivity contribution in [3.8, 4) is 5.69 Å². The Kier molecular flexibility index (Phi) is 4.98. The van der Waals surface area contributed by atoms with Crippen LogP contribution >= 0.6 is 0 Å². The lowest BCUT2D eigenvalue weighted by atomic mass is 10.1. The van der Waals surface area contributed by atoms with Crippen molar-refractivity contribution in [2.75, 3.05) is 19.6 Å². The summed E-state index contributed by atoms with van der Waals surface area (Å²) in [5.74, 6) is 0. The summed E-state index contributed by atoms with van der Waals surface area (Å²) in [7, 11) is -3.19. The summed E-state index contributed by atoms with van der Waals surface area (Å²) in [6, 6.07) is 6.22. The monoisotopic (exact) mass is 349 g/mol. The van der Waals surface area contributed by atoms with Gasteiger partial charge < -0.3 is 0 Å². The zero-order chi connectivity index (χ0) is 17.2. The van der Waals surface area contributed by atoms with Crippen LogP contribution in [0.25, 0.3) is 5.69 Å². The highest BCUT2D eigenvalue weighted by atomic mass is 32.2. The van der Waals surface area contributed by atoms with Crippen LogP contribution in [-0.4, -0.2) is 53.0 Å². The number of aromatic nitrogens is 3. The minimum absolute atomic E-state index is 0.312. The van der Waals surface area contributed by atoms with Crippen LogP contribution < -0.4 is 4.72 Å². The number of benzene rings is 1. The van der Waals surface area contributed by atoms with Crippen LogP contribution in [0, 0.1) is 6.92 Å². The maximum atomic E-state index is 12.1. The van der Waals surface area contributed by atoms with Gasteiger partial charge in [-0.05, 0) is 37.1 Å². The predicted molar refractivity (Wildman–Crippen MR) is 92.4 cm³/mol. The van der Waals surface area contributed by atoms with Gasteiger partial charge in [0.1, 0.15) is 12.7 Å². The summed E-state index contributed by atoms with van der Waals surface area (Å²) in [5, 5.41) is 3.84. The van der Waals surface area contributed by atoms with Crippen molar-refractivity contribution in [3.05, 3.63) is 42.0 Å². The molecule has 1 N–H and O–H groups in total. The Bertz CT molecular complexity index is 789. The number of nitrogens with zero attached hydrogens (tertiary/aromatic N) is 4. The molecule has 1 saturated heterocycles. The van der Waals surface area contributed by atoms with E-state index >= 15 is 0 Å². The van der Waals surface area contributed by atoms with Gasteiger partial charge in [-0.2, -0.15) is 5.10 Å². The first kappa shape index (κ1) is 17.1. The SMILES string of the molecule is CCNS(=O)(=O)[C@H]1CCN(Cc2ccc(-n3cncn3)c(C)c2)C1. The number of hydrogen-bond donors (Lipinski definition) is 1. The van der Waals surface area contributed by atoms with Gasteiger partial charge in [0.15, 0.2) is 0 Å². The van der Waals surface area contributed by atoms with Gasteiger partial charge in [-0.3, -0.25) is 4.90 Å². The molecule has 8 heteroatoms. The van der Waals surface area contributed by atoms with E-state index in [9.17, 15) is 8.42 Å². The fraction of sp³-hybridized carbons (Fsp3) is 0.500. The summed E-state index contributed by atoms with van der Waals surface area (Å²) in [6.45, 7) is 6.45. The standard InChI is InChI=1S/C16H23N5O2S/c1-3-19-24(22,23)15-6-7-20(10-15)9-14-4-5-16(13(2)8-14)21-12-17-11-18-21/h4-5,8,11-12,15,19H,3,6-7,9-10H2,1-2H3/t15-/m0/s1. The fourth-order valence-corrected chi connectivity index (χ4v) is 4.64. The number of likely N-dealkylation sites (tertiary alicyclic amines) is 1. The second-order valence-electron chi connectivity index (χ2n) is 6.15. The molecule has 1 aliphatic rings. The van der Waals surface area contributed by atoms with E-state index in [2.05, 4.69) is 31.8 Å². The van der Waals surface area contributed by atoms with Gasteiger partial charge in [-0.25, -0.2) is 22.8 Å². The number of aryl methyl sites for hydroxylation is 1. The lowest BCUT2D eigenvalue weighted by Gasteiger charge is -2.17. The number of hydrogen-bond acceptors (Lipinski definition) is 5. The Hall–Kier alpha value is -1.77. The van der Waals surface area contributed by atoms with Gasteiger partial charge in [-0.1, -0.05) is 19.1 Å². The molecule has 130 valence electrons. The van der Waals surface area contributed by atoms with Crippen LogP contribution in [0.2, 0.25) is 0 Å². The minimum atomic E-state index is -3.19. The van der Waals surface area contributed by atoms with E-state index in [1.165, 1.54) is 11.9 Å². The van der Waals surface area contributed by atoms with Gasteiger partial charge in [0.05, 0.1) is 10.9 Å². The molecule has 24 heavy (non-hydrogen) atoms. The molecule has 0 spiro atoms. The van der Waals surface area contributed by atoms with Crippen molar-refractivity contribution in [2.24, 2.45) is 0 Å². The van der Waals surface area contributed by atoms with Crippen LogP contribution in [0.5, 0.6) is 0 Å². The maximum Gasteiger partial charge on any atom is 0.215 e. The quantitative estimate of drug-likeness (QED) is 0.844. The lowest BCUT2D eigenvalue weighted by Crippen LogP contribution is -2.36. The summed E-state index contributed by atoms with van der Waals surface area (Å²) in [4.78, 5) is 6.17. The van der Waals surface area contributed by atoms with Crippen molar-refractivity contribution in [1.82, 2.24) is 24.4 Å². The summed E-state index contributed by atoms with van der Waals surface area (Å²) >= 11 is 0. The van der Waals surface area contributed by atoms with Crippen LogP contribution in [0.1, 0.15) is 24.5 Å². The third-order valence-corrected chi connectivity index (χ3v) is 6.30. The van der Waals surface area contributed by atoms with Crippen LogP contribution in [-0.2, 0) is 16.6 Å². The Labute approximate surface area is 142 Å². The maximum absolute atomic E-state index is 12.1. The molecule has 7 nitrogen and oxygen atoms in total. The molecule has 1 aromatic heterocycles. The molecule has 0 aliphatic carbocycles. The zero-order valence-electron chi connectivity index (χ0n) is 14.0. The number of rotatable bonds is 6. The molecule has 1 aliphatic heterocycles. The minimum Gasteiger partial charge on any atom is -0.298 e. The summed E-state index contributed by atoms with van der Waals surface area (Å²) in [6.07, 6.45) is 3.88. The van der Waals surface area contributed by atoms with E-state index in [1.54, 1.807) is 11.0 Å². The predicted octanol–water partition coefficient (Wildman–Crippen LogP) is 1.09. The zero-order valence-corrected chi connectivity index (χ0v) is 14.8. The average Bonchev–Trinajstić information content (AvgIpc) is 3.19. The fourth-order valence-electron chi connectivity index (χ4n) is 3.18. The highest BCUT2D eigenvalue weighted by Crippen LogP contribution is 2.21. The van der Waals surface area contributed by atoms with E-state index in [1.807, 2.05) is 19.9 Å². The first-order chi connectivity index (χ1) is 11.5. The Balaban J connectivity index is 1.66. The molecule has 1 atom stereocenters. The Morgan fingerprint density at radius 3 is 2.88 bits per heavy atom. The van der Waals surface area contributed by atoms with E-state index in [0.717, 1.165) is 24.3 Å². The Morgan fingerprint density at radius 1 is 1.38 bits per heavy atom. The second kappa shape index (κ2) is 7.00. The summed E-state index contributed by atoms with van der Waals surface area (Å²) in [5.41, 5.74) is 3.30. The molecule has 1 aromatic carbocycles. The van der Waals surface area contributed by atoms with E-state index in [-0.39, 0.29) is 5.25 Å². The third-order valence-electron chi connectivity index (χ3n) is 4.35. The normalized spacial score (nSPS) is 19.0. The molecule has 1 fully saturated rings. The average molecular weight is 349 g/mol. The van der Waals surface area contributed by atoms with E-state index < -0.39 is 10.0 Å². The van der Waals surface area contributed by atoms with Gasteiger partial charge in [-0.15, -0.1) is 0 Å². The van der Waals surface area contributed by atoms with Crippen molar-refractivity contribution in [1.29, 1.82) is 0 Å². The molecular formula is C16H23N5O2S. The highest BCUT2D eigenvalue weighted by molar-refractivity contribution is 7.90. The molecule has 0 saturated carbocycles. The molecule has 0 radical (unpaired) electrons. The lowest BCUT2D eigenvalue weighted by molar-refractivity contribution is 0.331. The van der Waals surface area contributed by atoms with Gasteiger partial charge in [0, 0.05) is 19.6 Å². The van der Waals surface area contributed by atoms with Crippen molar-refractivity contribution < 1.29 is 8.42 Å². The molecule has 0 bridgehead atoms. The molecule has 2 heterocycles. The largest absolute Gasteiger partial charge is 0.298 e. The van der Waals surface area contributed by atoms with E-state index in [4.69, 9.17) is 0 Å². The van der Waals surface area contributed by atoms with Gasteiger partial charge >= 0.3 is 0 Å². The smallest absolute Gasteiger partial charge is 0.215 e. The molecule has 2 aromatic rings. The second-order valence-corrected chi connectivity index (χ2v) is 8.19. The van der Waals surface area contributed by atoms with Crippen LogP contribution in [0.15, 0.2) is 30.9 Å². The highest BCUT2D eigenvalue weighted by Gasteiger charge is 2.32.